The number of aromatic hydroxyl groups is 1. The summed E-state index contributed by atoms with van der Waals surface area (Å²) in [6.07, 6.45) is 0.522. The molecule has 0 aliphatic carbocycles. The average molecular weight is 589 g/mol. The van der Waals surface area contributed by atoms with Gasteiger partial charge in [-0.2, -0.15) is 0 Å². The molecular formula is C35H36N6O3. The Morgan fingerprint density at radius 1 is 0.886 bits per heavy atom. The summed E-state index contributed by atoms with van der Waals surface area (Å²) in [5.41, 5.74) is 6.37. The highest BCUT2D eigenvalue weighted by molar-refractivity contribution is 5.89. The molecule has 1 N–H and O–H groups in total. The van der Waals surface area contributed by atoms with Crippen LogP contribution in [0.25, 0.3) is 11.4 Å². The Morgan fingerprint density at radius 3 is 2.43 bits per heavy atom. The monoisotopic (exact) mass is 588 g/mol. The van der Waals surface area contributed by atoms with Crippen LogP contribution in [0.1, 0.15) is 46.5 Å². The Morgan fingerprint density at radius 2 is 1.64 bits per heavy atom. The van der Waals surface area contributed by atoms with Gasteiger partial charge in [0.05, 0.1) is 5.56 Å². The lowest BCUT2D eigenvalue weighted by Crippen LogP contribution is -2.56. The number of anilines is 1. The second-order valence-corrected chi connectivity index (χ2v) is 11.6. The Labute approximate surface area is 257 Å². The first-order valence-corrected chi connectivity index (χ1v) is 14.9. The molecule has 1 aromatic heterocycles. The molecule has 9 heteroatoms. The molecular weight excluding hydrogens is 552 g/mol. The summed E-state index contributed by atoms with van der Waals surface area (Å²) < 4.78 is 0. The number of piperazine rings is 1. The average Bonchev–Trinajstić information content (AvgIpc) is 3.47. The lowest BCUT2D eigenvalue weighted by Gasteiger charge is -2.45. The number of aromatic nitrogens is 4. The third-order valence-corrected chi connectivity index (χ3v) is 8.19. The normalized spacial score (nSPS) is 17.0. The van der Waals surface area contributed by atoms with Crippen molar-refractivity contribution in [1.82, 2.24) is 25.3 Å². The van der Waals surface area contributed by atoms with Crippen molar-refractivity contribution in [2.24, 2.45) is 0 Å². The van der Waals surface area contributed by atoms with Gasteiger partial charge in [0, 0.05) is 49.0 Å². The second kappa shape index (κ2) is 12.7. The number of benzene rings is 4. The minimum atomic E-state index is -0.555. The summed E-state index contributed by atoms with van der Waals surface area (Å²) in [5, 5.41) is 22.7. The molecule has 5 aromatic rings. The zero-order valence-electron chi connectivity index (χ0n) is 25.2. The van der Waals surface area contributed by atoms with Crippen LogP contribution in [0.5, 0.6) is 5.75 Å². The molecule has 0 radical (unpaired) electrons. The third-order valence-electron chi connectivity index (χ3n) is 8.19. The topological polar surface area (TPSA) is 96.6 Å². The summed E-state index contributed by atoms with van der Waals surface area (Å²) in [5.74, 6) is -0.0160. The number of hydrogen-bond acceptors (Lipinski definition) is 8. The van der Waals surface area contributed by atoms with Crippen LogP contribution in [-0.4, -0.2) is 61.5 Å². The van der Waals surface area contributed by atoms with E-state index in [-0.39, 0.29) is 11.8 Å². The predicted molar refractivity (Wildman–Crippen MR) is 169 cm³/mol. The number of nitrogens with zero attached hydrogens (tertiary/aromatic N) is 6. The van der Waals surface area contributed by atoms with Gasteiger partial charge < -0.3 is 14.8 Å². The van der Waals surface area contributed by atoms with E-state index in [1.807, 2.05) is 49.4 Å². The number of carbonyl (C=O) groups is 1. The fraction of sp³-hybridized carbons (Fsp3) is 0.257. The number of phenols is 1. The number of aryl methyl sites for hydroxylation is 1. The molecule has 1 fully saturated rings. The number of rotatable bonds is 8. The molecule has 1 saturated heterocycles. The second-order valence-electron chi connectivity index (χ2n) is 11.6. The molecule has 224 valence electrons. The van der Waals surface area contributed by atoms with E-state index in [9.17, 15) is 9.90 Å². The molecule has 0 spiro atoms. The molecule has 4 aromatic carbocycles. The SMILES string of the molecule is Cc1ccc(C(=O)On2nnnc2-c2ccccc2Cc2cc(O)cc(N3C[C@@H](C)N(Cc4ccccc4)C[C@@H]3C)c2)cc1. The van der Waals surface area contributed by atoms with Gasteiger partial charge in [0.1, 0.15) is 5.75 Å². The van der Waals surface area contributed by atoms with Crippen molar-refractivity contribution in [3.05, 3.63) is 125 Å². The quantitative estimate of drug-likeness (QED) is 0.244. The van der Waals surface area contributed by atoms with E-state index < -0.39 is 5.97 Å². The Kier molecular flexibility index (Phi) is 8.38. The molecule has 2 heterocycles. The predicted octanol–water partition coefficient (Wildman–Crippen LogP) is 5.31. The van der Waals surface area contributed by atoms with E-state index in [1.165, 1.54) is 5.56 Å². The van der Waals surface area contributed by atoms with Crippen molar-refractivity contribution in [2.75, 3.05) is 18.0 Å². The van der Waals surface area contributed by atoms with Crippen LogP contribution in [-0.2, 0) is 13.0 Å². The summed E-state index contributed by atoms with van der Waals surface area (Å²) >= 11 is 0. The van der Waals surface area contributed by atoms with Crippen LogP contribution in [0.4, 0.5) is 5.69 Å². The van der Waals surface area contributed by atoms with Gasteiger partial charge in [-0.1, -0.05) is 72.3 Å². The van der Waals surface area contributed by atoms with Gasteiger partial charge in [-0.25, -0.2) is 4.79 Å². The van der Waals surface area contributed by atoms with Gasteiger partial charge in [-0.05, 0) is 83.4 Å². The first kappa shape index (κ1) is 29.1. The van der Waals surface area contributed by atoms with Crippen molar-refractivity contribution in [3.8, 4) is 17.1 Å². The van der Waals surface area contributed by atoms with E-state index in [0.717, 1.165) is 52.4 Å². The maximum Gasteiger partial charge on any atom is 0.365 e. The number of hydrogen-bond donors (Lipinski definition) is 1. The zero-order valence-corrected chi connectivity index (χ0v) is 25.2. The Hall–Kier alpha value is -5.02. The maximum absolute atomic E-state index is 12.8. The largest absolute Gasteiger partial charge is 0.508 e. The van der Waals surface area contributed by atoms with Crippen molar-refractivity contribution in [3.63, 3.8) is 0 Å². The van der Waals surface area contributed by atoms with Gasteiger partial charge in [0.25, 0.3) is 0 Å². The number of tetrazole rings is 1. The molecule has 1 aliphatic heterocycles. The summed E-state index contributed by atoms with van der Waals surface area (Å²) in [6, 6.07) is 31.8. The fourth-order valence-corrected chi connectivity index (χ4v) is 5.85. The highest BCUT2D eigenvalue weighted by Crippen LogP contribution is 2.31. The first-order valence-electron chi connectivity index (χ1n) is 14.9. The van der Waals surface area contributed by atoms with E-state index in [1.54, 1.807) is 18.2 Å². The lowest BCUT2D eigenvalue weighted by molar-refractivity contribution is 0.0393. The van der Waals surface area contributed by atoms with Gasteiger partial charge in [-0.15, -0.1) is 5.10 Å². The standard InChI is InChI=1S/C35H36N6O3/c1-24-13-15-29(16-14-24)35(43)44-41-34(36-37-38-41)33-12-8-7-11-30(33)17-28-18-31(20-32(42)19-28)40-22-25(2)39(21-26(40)3)23-27-9-5-4-6-10-27/h4-16,18-20,25-26,42H,17,21-23H2,1-3H3/t25-,26+/m1/s1. The van der Waals surface area contributed by atoms with Crippen LogP contribution >= 0.6 is 0 Å². The molecule has 6 rings (SSSR count). The fourth-order valence-electron chi connectivity index (χ4n) is 5.85. The highest BCUT2D eigenvalue weighted by atomic mass is 16.7. The summed E-state index contributed by atoms with van der Waals surface area (Å²) in [6.45, 7) is 9.15. The molecule has 1 aliphatic rings. The van der Waals surface area contributed by atoms with Crippen LogP contribution in [0.2, 0.25) is 0 Å². The molecule has 44 heavy (non-hydrogen) atoms. The highest BCUT2D eigenvalue weighted by Gasteiger charge is 2.29. The first-order chi connectivity index (χ1) is 21.3. The smallest absolute Gasteiger partial charge is 0.365 e. The van der Waals surface area contributed by atoms with Crippen LogP contribution in [0.15, 0.2) is 97.1 Å². The van der Waals surface area contributed by atoms with E-state index >= 15 is 0 Å². The van der Waals surface area contributed by atoms with Crippen molar-refractivity contribution < 1.29 is 14.7 Å². The molecule has 9 nitrogen and oxygen atoms in total. The molecule has 0 bridgehead atoms. The summed E-state index contributed by atoms with van der Waals surface area (Å²) in [7, 11) is 0. The van der Waals surface area contributed by atoms with Crippen LogP contribution < -0.4 is 9.74 Å². The van der Waals surface area contributed by atoms with E-state index in [0.29, 0.717) is 23.9 Å². The minimum absolute atomic E-state index is 0.221. The van der Waals surface area contributed by atoms with E-state index in [4.69, 9.17) is 4.84 Å². The third kappa shape index (κ3) is 6.48. The Bertz CT molecular complexity index is 1740. The Balaban J connectivity index is 1.21. The van der Waals surface area contributed by atoms with Gasteiger partial charge in [0.15, 0.2) is 0 Å². The van der Waals surface area contributed by atoms with Crippen LogP contribution in [0.3, 0.4) is 0 Å². The van der Waals surface area contributed by atoms with Crippen molar-refractivity contribution in [2.45, 2.75) is 45.8 Å². The lowest BCUT2D eigenvalue weighted by atomic mass is 9.98. The zero-order chi connectivity index (χ0) is 30.6. The van der Waals surface area contributed by atoms with Gasteiger partial charge >= 0.3 is 5.97 Å². The van der Waals surface area contributed by atoms with Crippen LogP contribution in [0, 0.1) is 6.92 Å². The minimum Gasteiger partial charge on any atom is -0.508 e. The van der Waals surface area contributed by atoms with Crippen molar-refractivity contribution >= 4 is 11.7 Å². The van der Waals surface area contributed by atoms with Crippen molar-refractivity contribution in [1.29, 1.82) is 0 Å². The van der Waals surface area contributed by atoms with Gasteiger partial charge in [-0.3, -0.25) is 4.90 Å². The van der Waals surface area contributed by atoms with Gasteiger partial charge in [0.2, 0.25) is 5.82 Å². The molecule has 2 atom stereocenters. The number of phenolic OH excluding ortho intramolecular Hbond substituents is 1. The molecule has 0 unspecified atom stereocenters. The molecule has 0 saturated carbocycles. The number of carbonyl (C=O) groups excluding carboxylic acids is 1. The molecule has 0 amide bonds. The maximum atomic E-state index is 12.8. The van der Waals surface area contributed by atoms with E-state index in [2.05, 4.69) is 75.6 Å². The summed E-state index contributed by atoms with van der Waals surface area (Å²) in [4.78, 5) is 24.3.